The van der Waals surface area contributed by atoms with Crippen LogP contribution in [-0.2, 0) is 18.9 Å². The summed E-state index contributed by atoms with van der Waals surface area (Å²) < 4.78 is 22.9. The van der Waals surface area contributed by atoms with Crippen LogP contribution in [0.1, 0.15) is 42.5 Å². The number of ether oxygens (including phenoxy) is 4. The number of hydrogen-bond donors (Lipinski definition) is 0. The van der Waals surface area contributed by atoms with Gasteiger partial charge in [-0.25, -0.2) is 4.79 Å². The maximum atomic E-state index is 12.0. The van der Waals surface area contributed by atoms with E-state index in [1.807, 2.05) is 18.2 Å². The summed E-state index contributed by atoms with van der Waals surface area (Å²) in [5.41, 5.74) is 0.550. The van der Waals surface area contributed by atoms with Gasteiger partial charge < -0.3 is 18.9 Å². The molecule has 5 nitrogen and oxygen atoms in total. The third-order valence-electron chi connectivity index (χ3n) is 4.77. The zero-order valence-electron chi connectivity index (χ0n) is 13.1. The highest BCUT2D eigenvalue weighted by atomic mass is 16.8. The monoisotopic (exact) mass is 318 g/mol. The molecule has 0 N–H and O–H groups in total. The molecule has 2 saturated heterocycles. The van der Waals surface area contributed by atoms with Crippen LogP contribution in [-0.4, -0.2) is 43.3 Å². The lowest BCUT2D eigenvalue weighted by atomic mass is 9.98. The van der Waals surface area contributed by atoms with Crippen molar-refractivity contribution in [3.05, 3.63) is 35.9 Å². The van der Waals surface area contributed by atoms with Gasteiger partial charge in [0.1, 0.15) is 24.9 Å². The lowest BCUT2D eigenvalue weighted by Gasteiger charge is -2.26. The predicted molar refractivity (Wildman–Crippen MR) is 82.0 cm³/mol. The van der Waals surface area contributed by atoms with Crippen LogP contribution in [0.5, 0.6) is 0 Å². The molecule has 23 heavy (non-hydrogen) atoms. The van der Waals surface area contributed by atoms with Crippen molar-refractivity contribution in [2.45, 2.75) is 62.8 Å². The molecule has 0 radical (unpaired) electrons. The number of fused-ring (bicyclic) bond motifs is 1. The van der Waals surface area contributed by atoms with Crippen molar-refractivity contribution in [3.8, 4) is 0 Å². The summed E-state index contributed by atoms with van der Waals surface area (Å²) in [4.78, 5) is 12.0. The lowest BCUT2D eigenvalue weighted by Crippen LogP contribution is -2.31. The Labute approximate surface area is 135 Å². The molecule has 5 heteroatoms. The fourth-order valence-electron chi connectivity index (χ4n) is 3.43. The minimum absolute atomic E-state index is 0.00663. The van der Waals surface area contributed by atoms with Crippen LogP contribution >= 0.6 is 0 Å². The van der Waals surface area contributed by atoms with Crippen molar-refractivity contribution < 1.29 is 23.7 Å². The van der Waals surface area contributed by atoms with Crippen LogP contribution in [0.2, 0.25) is 0 Å². The second-order valence-corrected chi connectivity index (χ2v) is 6.47. The van der Waals surface area contributed by atoms with Gasteiger partial charge >= 0.3 is 5.97 Å². The zero-order valence-corrected chi connectivity index (χ0v) is 13.1. The summed E-state index contributed by atoms with van der Waals surface area (Å²) in [5.74, 6) is -0.331. The second-order valence-electron chi connectivity index (χ2n) is 6.47. The Morgan fingerprint density at radius 2 is 1.83 bits per heavy atom. The molecular weight excluding hydrogens is 296 g/mol. The Bertz CT molecular complexity index is 540. The van der Waals surface area contributed by atoms with Gasteiger partial charge in [-0.05, 0) is 25.0 Å². The average Bonchev–Trinajstić information content (AvgIpc) is 3.33. The van der Waals surface area contributed by atoms with E-state index in [0.29, 0.717) is 5.56 Å². The summed E-state index contributed by atoms with van der Waals surface area (Å²) in [6.45, 7) is 0.208. The number of carbonyl (C=O) groups excluding carboxylic acids is 1. The topological polar surface area (TPSA) is 57.3 Å². The molecule has 0 aromatic heterocycles. The van der Waals surface area contributed by atoms with Gasteiger partial charge in [0.2, 0.25) is 0 Å². The SMILES string of the molecule is O=C(OC[C@H]1OC(OC2CCCCC2)[C@@H]2O[C@H]12)c1ccccc1. The molecule has 1 aromatic carbocycles. The number of epoxide rings is 1. The normalized spacial score (nSPS) is 33.2. The Kier molecular flexibility index (Phi) is 4.33. The van der Waals surface area contributed by atoms with Gasteiger partial charge in [-0.2, -0.15) is 0 Å². The first-order chi connectivity index (χ1) is 11.3. The first-order valence-corrected chi connectivity index (χ1v) is 8.50. The Morgan fingerprint density at radius 1 is 1.04 bits per heavy atom. The van der Waals surface area contributed by atoms with Crippen LogP contribution in [0.25, 0.3) is 0 Å². The van der Waals surface area contributed by atoms with E-state index in [1.165, 1.54) is 19.3 Å². The summed E-state index contributed by atoms with van der Waals surface area (Å²) in [5, 5.41) is 0. The highest BCUT2D eigenvalue weighted by molar-refractivity contribution is 5.89. The average molecular weight is 318 g/mol. The first-order valence-electron chi connectivity index (χ1n) is 8.50. The molecule has 4 rings (SSSR count). The van der Waals surface area contributed by atoms with E-state index in [9.17, 15) is 4.79 Å². The van der Waals surface area contributed by atoms with Crippen molar-refractivity contribution >= 4 is 5.97 Å². The van der Waals surface area contributed by atoms with Crippen LogP contribution in [0.4, 0.5) is 0 Å². The van der Waals surface area contributed by atoms with Gasteiger partial charge in [0.25, 0.3) is 0 Å². The van der Waals surface area contributed by atoms with Crippen LogP contribution in [0.15, 0.2) is 30.3 Å². The van der Waals surface area contributed by atoms with Gasteiger partial charge in [-0.15, -0.1) is 0 Å². The minimum atomic E-state index is -0.331. The highest BCUT2D eigenvalue weighted by Crippen LogP contribution is 2.41. The summed E-state index contributed by atoms with van der Waals surface area (Å²) in [6, 6.07) is 8.98. The predicted octanol–water partition coefficient (Wildman–Crippen LogP) is 2.69. The largest absolute Gasteiger partial charge is 0.459 e. The van der Waals surface area contributed by atoms with Crippen molar-refractivity contribution in [2.75, 3.05) is 6.61 Å². The van der Waals surface area contributed by atoms with E-state index in [4.69, 9.17) is 18.9 Å². The first kappa shape index (κ1) is 15.1. The molecule has 0 spiro atoms. The molecule has 1 aromatic rings. The van der Waals surface area contributed by atoms with E-state index in [-0.39, 0.29) is 43.3 Å². The molecule has 2 heterocycles. The summed E-state index contributed by atoms with van der Waals surface area (Å²) in [7, 11) is 0. The van der Waals surface area contributed by atoms with Gasteiger partial charge in [0.05, 0.1) is 11.7 Å². The van der Waals surface area contributed by atoms with E-state index in [0.717, 1.165) is 12.8 Å². The molecule has 4 atom stereocenters. The minimum Gasteiger partial charge on any atom is -0.459 e. The summed E-state index contributed by atoms with van der Waals surface area (Å²) >= 11 is 0. The van der Waals surface area contributed by atoms with E-state index < -0.39 is 0 Å². The standard InChI is InChI=1S/C18H22O5/c19-17(12-7-3-1-4-8-12)20-11-14-15-16(23-15)18(22-14)21-13-9-5-2-6-10-13/h1,3-4,7-8,13-16,18H,2,5-6,9-11H2/t14-,15-,16-,18?/m1/s1. The fraction of sp³-hybridized carbons (Fsp3) is 0.611. The molecule has 2 aliphatic heterocycles. The molecule has 1 unspecified atom stereocenters. The molecular formula is C18H22O5. The number of benzene rings is 1. The molecule has 0 bridgehead atoms. The lowest BCUT2D eigenvalue weighted by molar-refractivity contribution is -0.205. The van der Waals surface area contributed by atoms with Crippen LogP contribution < -0.4 is 0 Å². The third kappa shape index (κ3) is 3.42. The molecule has 3 aliphatic rings. The van der Waals surface area contributed by atoms with Gasteiger partial charge in [-0.1, -0.05) is 37.5 Å². The van der Waals surface area contributed by atoms with Crippen LogP contribution in [0.3, 0.4) is 0 Å². The second kappa shape index (κ2) is 6.59. The maximum absolute atomic E-state index is 12.0. The number of hydrogen-bond acceptors (Lipinski definition) is 5. The van der Waals surface area contributed by atoms with Crippen molar-refractivity contribution in [1.82, 2.24) is 0 Å². The maximum Gasteiger partial charge on any atom is 0.338 e. The van der Waals surface area contributed by atoms with Crippen molar-refractivity contribution in [2.24, 2.45) is 0 Å². The van der Waals surface area contributed by atoms with Crippen molar-refractivity contribution in [1.29, 1.82) is 0 Å². The number of carbonyl (C=O) groups is 1. The fourth-order valence-corrected chi connectivity index (χ4v) is 3.43. The van der Waals surface area contributed by atoms with Gasteiger partial charge in [-0.3, -0.25) is 0 Å². The highest BCUT2D eigenvalue weighted by Gasteiger charge is 2.59. The van der Waals surface area contributed by atoms with E-state index in [2.05, 4.69) is 0 Å². The molecule has 3 fully saturated rings. The molecule has 1 saturated carbocycles. The smallest absolute Gasteiger partial charge is 0.338 e. The van der Waals surface area contributed by atoms with Gasteiger partial charge in [0.15, 0.2) is 6.29 Å². The Hall–Kier alpha value is -1.43. The van der Waals surface area contributed by atoms with Gasteiger partial charge in [0, 0.05) is 0 Å². The summed E-state index contributed by atoms with van der Waals surface area (Å²) in [6.07, 6.45) is 5.73. The zero-order chi connectivity index (χ0) is 15.6. The molecule has 0 amide bonds. The molecule has 124 valence electrons. The van der Waals surface area contributed by atoms with Crippen molar-refractivity contribution in [3.63, 3.8) is 0 Å². The van der Waals surface area contributed by atoms with E-state index >= 15 is 0 Å². The van der Waals surface area contributed by atoms with E-state index in [1.54, 1.807) is 12.1 Å². The van der Waals surface area contributed by atoms with Crippen LogP contribution in [0, 0.1) is 0 Å². The Morgan fingerprint density at radius 3 is 2.61 bits per heavy atom. The quantitative estimate of drug-likeness (QED) is 0.617. The molecule has 1 aliphatic carbocycles. The number of esters is 1. The number of rotatable bonds is 5. The Balaban J connectivity index is 1.26. The third-order valence-corrected chi connectivity index (χ3v) is 4.77.